The van der Waals surface area contributed by atoms with Crippen molar-refractivity contribution in [1.29, 1.82) is 0 Å². The Morgan fingerprint density at radius 1 is 1.16 bits per heavy atom. The van der Waals surface area contributed by atoms with Gasteiger partial charge in [-0.1, -0.05) is 43.5 Å². The monoisotopic (exact) mass is 260 g/mol. The molecule has 0 bridgehead atoms. The second-order valence-corrected chi connectivity index (χ2v) is 5.77. The van der Waals surface area contributed by atoms with Gasteiger partial charge in [-0.25, -0.2) is 0 Å². The standard InChI is InChI=1S/C16H20O3/c17-15(18)16(8-4-1-5-9-16)14-7-3-2-6-13(14)12-10-19-11-12/h2-3,6-7,12H,1,4-5,8-11H2,(H,17,18). The molecular formula is C16H20O3. The van der Waals surface area contributed by atoms with Crippen LogP contribution in [0.15, 0.2) is 24.3 Å². The van der Waals surface area contributed by atoms with Crippen LogP contribution >= 0.6 is 0 Å². The Morgan fingerprint density at radius 2 is 1.84 bits per heavy atom. The summed E-state index contributed by atoms with van der Waals surface area (Å²) >= 11 is 0. The Bertz CT molecular complexity index is 471. The van der Waals surface area contributed by atoms with E-state index in [1.165, 1.54) is 5.56 Å². The molecule has 1 heterocycles. The topological polar surface area (TPSA) is 46.5 Å². The summed E-state index contributed by atoms with van der Waals surface area (Å²) in [6.45, 7) is 1.46. The number of carboxylic acid groups (broad SMARTS) is 1. The second kappa shape index (κ2) is 4.97. The van der Waals surface area contributed by atoms with Crippen LogP contribution in [-0.4, -0.2) is 24.3 Å². The summed E-state index contributed by atoms with van der Waals surface area (Å²) in [4.78, 5) is 11.9. The Labute approximate surface area is 113 Å². The molecule has 1 aliphatic carbocycles. The van der Waals surface area contributed by atoms with E-state index in [0.717, 1.165) is 50.9 Å². The first kappa shape index (κ1) is 12.7. The molecule has 0 atom stereocenters. The number of ether oxygens (including phenoxy) is 1. The summed E-state index contributed by atoms with van der Waals surface area (Å²) in [5, 5.41) is 9.81. The number of carboxylic acids is 1. The molecule has 3 rings (SSSR count). The van der Waals surface area contributed by atoms with Crippen molar-refractivity contribution in [3.8, 4) is 0 Å². The highest BCUT2D eigenvalue weighted by atomic mass is 16.5. The van der Waals surface area contributed by atoms with Gasteiger partial charge in [0, 0.05) is 5.92 Å². The summed E-state index contributed by atoms with van der Waals surface area (Å²) in [5.74, 6) is -0.269. The molecule has 0 radical (unpaired) electrons. The molecule has 19 heavy (non-hydrogen) atoms. The molecule has 102 valence electrons. The molecule has 3 nitrogen and oxygen atoms in total. The number of hydrogen-bond donors (Lipinski definition) is 1. The number of benzene rings is 1. The summed E-state index contributed by atoms with van der Waals surface area (Å²) in [6, 6.07) is 8.09. The smallest absolute Gasteiger partial charge is 0.314 e. The highest BCUT2D eigenvalue weighted by molar-refractivity contribution is 5.82. The molecule has 0 unspecified atom stereocenters. The first-order valence-corrected chi connectivity index (χ1v) is 7.14. The van der Waals surface area contributed by atoms with Gasteiger partial charge in [-0.3, -0.25) is 4.79 Å². The van der Waals surface area contributed by atoms with Gasteiger partial charge in [-0.05, 0) is 24.0 Å². The molecule has 2 aliphatic rings. The normalized spacial score (nSPS) is 22.7. The van der Waals surface area contributed by atoms with Crippen LogP contribution in [0.3, 0.4) is 0 Å². The third-order valence-electron chi connectivity index (χ3n) is 4.67. The molecule has 1 saturated carbocycles. The Morgan fingerprint density at radius 3 is 2.42 bits per heavy atom. The third kappa shape index (κ3) is 2.06. The van der Waals surface area contributed by atoms with E-state index in [0.29, 0.717) is 5.92 Å². The van der Waals surface area contributed by atoms with E-state index >= 15 is 0 Å². The van der Waals surface area contributed by atoms with Crippen LogP contribution in [0.2, 0.25) is 0 Å². The molecule has 1 aromatic carbocycles. The zero-order valence-electron chi connectivity index (χ0n) is 11.1. The molecule has 2 fully saturated rings. The molecule has 0 amide bonds. The minimum Gasteiger partial charge on any atom is -0.481 e. The van der Waals surface area contributed by atoms with Crippen molar-refractivity contribution in [1.82, 2.24) is 0 Å². The van der Waals surface area contributed by atoms with Crippen LogP contribution in [0.5, 0.6) is 0 Å². The summed E-state index contributed by atoms with van der Waals surface area (Å²) < 4.78 is 5.28. The van der Waals surface area contributed by atoms with Crippen molar-refractivity contribution >= 4 is 5.97 Å². The molecule has 1 aromatic rings. The number of carbonyl (C=O) groups is 1. The van der Waals surface area contributed by atoms with Gasteiger partial charge in [0.1, 0.15) is 0 Å². The molecule has 3 heteroatoms. The molecular weight excluding hydrogens is 240 g/mol. The summed E-state index contributed by atoms with van der Waals surface area (Å²) in [6.07, 6.45) is 4.73. The van der Waals surface area contributed by atoms with Crippen LogP contribution in [0.4, 0.5) is 0 Å². The van der Waals surface area contributed by atoms with Crippen molar-refractivity contribution in [2.45, 2.75) is 43.4 Å². The minimum absolute atomic E-state index is 0.384. The Balaban J connectivity index is 2.04. The molecule has 1 N–H and O–H groups in total. The van der Waals surface area contributed by atoms with Crippen molar-refractivity contribution < 1.29 is 14.6 Å². The van der Waals surface area contributed by atoms with E-state index in [9.17, 15) is 9.90 Å². The number of aliphatic carboxylic acids is 1. The summed E-state index contributed by atoms with van der Waals surface area (Å²) in [5.41, 5.74) is 1.57. The molecule has 1 aliphatic heterocycles. The van der Waals surface area contributed by atoms with Gasteiger partial charge in [0.15, 0.2) is 0 Å². The van der Waals surface area contributed by atoms with E-state index in [2.05, 4.69) is 6.07 Å². The fourth-order valence-corrected chi connectivity index (χ4v) is 3.46. The SMILES string of the molecule is O=C(O)C1(c2ccccc2C2COC2)CCCCC1. The maximum atomic E-state index is 11.9. The van der Waals surface area contributed by atoms with Gasteiger partial charge in [-0.2, -0.15) is 0 Å². The minimum atomic E-state index is -0.662. The fraction of sp³-hybridized carbons (Fsp3) is 0.562. The van der Waals surface area contributed by atoms with Crippen LogP contribution in [0, 0.1) is 0 Å². The van der Waals surface area contributed by atoms with E-state index in [-0.39, 0.29) is 0 Å². The van der Waals surface area contributed by atoms with Gasteiger partial charge in [-0.15, -0.1) is 0 Å². The lowest BCUT2D eigenvalue weighted by Gasteiger charge is -2.38. The van der Waals surface area contributed by atoms with Crippen LogP contribution in [-0.2, 0) is 14.9 Å². The maximum absolute atomic E-state index is 11.9. The van der Waals surface area contributed by atoms with E-state index in [4.69, 9.17) is 4.74 Å². The Kier molecular flexibility index (Phi) is 3.31. The quantitative estimate of drug-likeness (QED) is 0.908. The zero-order chi connectivity index (χ0) is 13.3. The van der Waals surface area contributed by atoms with E-state index in [1.807, 2.05) is 18.2 Å². The highest BCUT2D eigenvalue weighted by Gasteiger charge is 2.43. The van der Waals surface area contributed by atoms with Crippen molar-refractivity contribution in [3.63, 3.8) is 0 Å². The van der Waals surface area contributed by atoms with Crippen LogP contribution < -0.4 is 0 Å². The number of hydrogen-bond acceptors (Lipinski definition) is 2. The van der Waals surface area contributed by atoms with Gasteiger partial charge in [0.25, 0.3) is 0 Å². The van der Waals surface area contributed by atoms with Crippen molar-refractivity contribution in [3.05, 3.63) is 35.4 Å². The van der Waals surface area contributed by atoms with E-state index in [1.54, 1.807) is 0 Å². The average molecular weight is 260 g/mol. The van der Waals surface area contributed by atoms with Gasteiger partial charge >= 0.3 is 5.97 Å². The fourth-order valence-electron chi connectivity index (χ4n) is 3.46. The van der Waals surface area contributed by atoms with Crippen LogP contribution in [0.1, 0.15) is 49.1 Å². The zero-order valence-corrected chi connectivity index (χ0v) is 11.1. The van der Waals surface area contributed by atoms with Crippen molar-refractivity contribution in [2.75, 3.05) is 13.2 Å². The predicted octanol–water partition coefficient (Wildman–Crippen LogP) is 3.09. The molecule has 0 aromatic heterocycles. The average Bonchev–Trinajstić information content (AvgIpc) is 2.38. The van der Waals surface area contributed by atoms with Gasteiger partial charge in [0.2, 0.25) is 0 Å². The predicted molar refractivity (Wildman–Crippen MR) is 72.4 cm³/mol. The number of rotatable bonds is 3. The second-order valence-electron chi connectivity index (χ2n) is 5.77. The van der Waals surface area contributed by atoms with E-state index < -0.39 is 11.4 Å². The van der Waals surface area contributed by atoms with Gasteiger partial charge < -0.3 is 9.84 Å². The third-order valence-corrected chi connectivity index (χ3v) is 4.67. The van der Waals surface area contributed by atoms with Crippen LogP contribution in [0.25, 0.3) is 0 Å². The van der Waals surface area contributed by atoms with Gasteiger partial charge in [0.05, 0.1) is 18.6 Å². The summed E-state index contributed by atoms with van der Waals surface area (Å²) in [7, 11) is 0. The van der Waals surface area contributed by atoms with Crippen molar-refractivity contribution in [2.24, 2.45) is 0 Å². The molecule has 0 spiro atoms. The Hall–Kier alpha value is -1.35. The lowest BCUT2D eigenvalue weighted by atomic mass is 9.67. The first-order chi connectivity index (χ1) is 9.24. The lowest BCUT2D eigenvalue weighted by Crippen LogP contribution is -2.40. The molecule has 1 saturated heterocycles. The first-order valence-electron chi connectivity index (χ1n) is 7.14. The largest absolute Gasteiger partial charge is 0.481 e. The lowest BCUT2D eigenvalue weighted by molar-refractivity contribution is -0.145. The highest BCUT2D eigenvalue weighted by Crippen LogP contribution is 2.43. The maximum Gasteiger partial charge on any atom is 0.314 e.